The van der Waals surface area contributed by atoms with Gasteiger partial charge in [-0.3, -0.25) is 0 Å². The van der Waals surface area contributed by atoms with E-state index in [4.69, 9.17) is 0 Å². The highest BCUT2D eigenvalue weighted by Crippen LogP contribution is 2.81. The fraction of sp³-hybridized carbons (Fsp3) is 0.553. The van der Waals surface area contributed by atoms with Crippen LogP contribution in [-0.2, 0) is 69.0 Å². The molecule has 7 rings (SSSR count). The quantitative estimate of drug-likeness (QED) is 0.105. The van der Waals surface area contributed by atoms with Crippen LogP contribution in [0.3, 0.4) is 0 Å². The Morgan fingerprint density at radius 2 is 0.622 bits per heavy atom. The average Bonchev–Trinajstić information content (AvgIpc) is 1.28. The molecule has 6 heteroatoms. The lowest BCUT2D eigenvalue weighted by atomic mass is 9.57. The van der Waals surface area contributed by atoms with E-state index in [1.165, 1.54) is 55.6 Å². The van der Waals surface area contributed by atoms with Crippen LogP contribution in [0.2, 0.25) is 0 Å². The second-order valence-electron chi connectivity index (χ2n) is 32.7. The summed E-state index contributed by atoms with van der Waals surface area (Å²) in [6, 6.07) is 26.2. The molecule has 0 aliphatic heterocycles. The molecule has 0 saturated carbocycles. The number of allylic oxidation sites excluding steroid dienone is 4. The molecule has 0 amide bonds. The van der Waals surface area contributed by atoms with Gasteiger partial charge in [0.25, 0.3) is 0 Å². The Hall–Kier alpha value is -3.72. The predicted molar refractivity (Wildman–Crippen MR) is 360 cm³/mol. The van der Waals surface area contributed by atoms with Crippen LogP contribution in [0.15, 0.2) is 66.7 Å². The van der Waals surface area contributed by atoms with E-state index < -0.39 is 38.4 Å². The van der Waals surface area contributed by atoms with E-state index in [2.05, 4.69) is 261 Å². The van der Waals surface area contributed by atoms with Gasteiger partial charge in [-0.25, -0.2) is 0 Å². The zero-order valence-corrected chi connectivity index (χ0v) is 58.2. The van der Waals surface area contributed by atoms with Crippen LogP contribution in [-0.4, -0.2) is 24.5 Å². The minimum atomic E-state index is -3.22. The maximum absolute atomic E-state index is 13.4. The van der Waals surface area contributed by atoms with Gasteiger partial charge in [0.05, 0.1) is 0 Å². The predicted octanol–water partition coefficient (Wildman–Crippen LogP) is 20.9. The van der Waals surface area contributed by atoms with E-state index in [1.807, 2.05) is 0 Å². The molecule has 0 saturated heterocycles. The van der Waals surface area contributed by atoms with Gasteiger partial charge in [0.2, 0.25) is 0 Å². The number of fused-ring (bicyclic) bond motifs is 3. The number of aryl methyl sites for hydroxylation is 4. The van der Waals surface area contributed by atoms with E-state index in [0.717, 1.165) is 86.9 Å². The second-order valence-corrected chi connectivity index (χ2v) is 35.5. The van der Waals surface area contributed by atoms with Crippen molar-refractivity contribution in [2.24, 2.45) is 0 Å². The molecular weight excluding hydrogens is 1040 g/mol. The molecule has 5 aromatic rings. The largest absolute Gasteiger partial charge is 0.349 e. The van der Waals surface area contributed by atoms with Crippen molar-refractivity contribution in [1.29, 1.82) is 0 Å². The van der Waals surface area contributed by atoms with Crippen LogP contribution in [0.1, 0.15) is 294 Å². The van der Waals surface area contributed by atoms with Gasteiger partial charge in [-0.1, -0.05) is 261 Å². The maximum Gasteiger partial charge on any atom is 0.190 e. The first kappa shape index (κ1) is 65.8. The van der Waals surface area contributed by atoms with Crippen LogP contribution < -0.4 is 0 Å². The third-order valence-electron chi connectivity index (χ3n) is 18.2. The van der Waals surface area contributed by atoms with Gasteiger partial charge in [0, 0.05) is 5.92 Å². The lowest BCUT2D eigenvalue weighted by molar-refractivity contribution is 0.447. The topological polar surface area (TPSA) is 80.9 Å². The summed E-state index contributed by atoms with van der Waals surface area (Å²) in [5.41, 5.74) is 22.4. The molecule has 82 heavy (non-hydrogen) atoms. The molecule has 0 aromatic heterocycles. The van der Waals surface area contributed by atoms with Gasteiger partial charge in [-0.15, -0.1) is 0 Å². The average molecular weight is 1150 g/mol. The van der Waals surface area contributed by atoms with Crippen LogP contribution >= 0.6 is 16.8 Å². The molecular formula is C76H108O4P2. The Balaban J connectivity index is 1.98. The normalized spacial score (nSPS) is 16.6. The van der Waals surface area contributed by atoms with E-state index in [9.17, 15) is 19.6 Å². The van der Waals surface area contributed by atoms with Crippen molar-refractivity contribution in [3.05, 3.63) is 161 Å². The van der Waals surface area contributed by atoms with Gasteiger partial charge in [0.15, 0.2) is 21.6 Å². The Kier molecular flexibility index (Phi) is 17.6. The molecule has 2 aliphatic carbocycles. The van der Waals surface area contributed by atoms with Crippen LogP contribution in [0.4, 0.5) is 0 Å². The molecule has 0 heterocycles. The Labute approximate surface area is 502 Å². The van der Waals surface area contributed by atoms with Crippen molar-refractivity contribution in [2.45, 2.75) is 274 Å². The van der Waals surface area contributed by atoms with Crippen molar-refractivity contribution in [3.8, 4) is 11.1 Å². The standard InChI is InChI=1S/C76H108O4P2/c1-29-44-36-58(72(17,18)19)50(40-54(44)68(5,6)7)48-34-33-35-49-62(48)67-64(49)63(51-41-55(69(8,9)10)45(30-2)37-59(51)73(20,21)22)65(52-42-56(70(11,12)13)46(31-3)38-60(52)74(23,24)25)66(76(67,81(77)78)82(79)80)53-43-57(71(14,15)16)47(32-4)39-61(53)75(26,27)28/h33-43,63,77-80H,29-32H2,1-28H3/t63-/m0/s1. The smallest absolute Gasteiger partial charge is 0.190 e. The van der Waals surface area contributed by atoms with E-state index in [-0.39, 0.29) is 32.5 Å². The van der Waals surface area contributed by atoms with E-state index in [1.54, 1.807) is 0 Å². The summed E-state index contributed by atoms with van der Waals surface area (Å²) in [5, 5.41) is 0. The van der Waals surface area contributed by atoms with Crippen molar-refractivity contribution >= 4 is 39.0 Å². The van der Waals surface area contributed by atoms with Gasteiger partial charge < -0.3 is 19.6 Å². The Bertz CT molecular complexity index is 3350. The van der Waals surface area contributed by atoms with Crippen molar-refractivity contribution in [3.63, 3.8) is 0 Å². The fourth-order valence-corrected chi connectivity index (χ4v) is 16.5. The van der Waals surface area contributed by atoms with Gasteiger partial charge >= 0.3 is 0 Å². The molecule has 446 valence electrons. The summed E-state index contributed by atoms with van der Waals surface area (Å²) in [4.78, 5) is 51.7. The highest BCUT2D eigenvalue weighted by Gasteiger charge is 2.63. The lowest BCUT2D eigenvalue weighted by Gasteiger charge is -2.54. The van der Waals surface area contributed by atoms with Gasteiger partial charge in [-0.05, 0) is 197 Å². The zero-order valence-electron chi connectivity index (χ0n) is 56.4. The first-order valence-corrected chi connectivity index (χ1v) is 33.5. The third kappa shape index (κ3) is 11.5. The van der Waals surface area contributed by atoms with Crippen molar-refractivity contribution in [2.75, 3.05) is 0 Å². The highest BCUT2D eigenvalue weighted by molar-refractivity contribution is 7.68. The molecule has 1 atom stereocenters. The monoisotopic (exact) mass is 1150 g/mol. The summed E-state index contributed by atoms with van der Waals surface area (Å²) in [6.07, 6.45) is 3.41. The molecule has 4 nitrogen and oxygen atoms in total. The van der Waals surface area contributed by atoms with Crippen LogP contribution in [0.5, 0.6) is 0 Å². The number of hydrogen-bond donors (Lipinski definition) is 4. The molecule has 0 unspecified atom stereocenters. The number of hydrogen-bond acceptors (Lipinski definition) is 4. The molecule has 2 aliphatic rings. The summed E-state index contributed by atoms with van der Waals surface area (Å²) in [7, 11) is -6.44. The maximum atomic E-state index is 13.4. The van der Waals surface area contributed by atoms with Crippen molar-refractivity contribution in [1.82, 2.24) is 0 Å². The van der Waals surface area contributed by atoms with E-state index >= 15 is 0 Å². The molecule has 0 bridgehead atoms. The molecule has 0 spiro atoms. The molecule has 4 N–H and O–H groups in total. The number of rotatable bonds is 10. The Morgan fingerprint density at radius 1 is 0.329 bits per heavy atom. The third-order valence-corrected chi connectivity index (χ3v) is 21.3. The number of benzene rings is 5. The fourth-order valence-electron chi connectivity index (χ4n) is 14.1. The van der Waals surface area contributed by atoms with Crippen LogP contribution in [0.25, 0.3) is 33.4 Å². The SMILES string of the molecule is CCc1cc(C(C)(C)C)c(C2=C(c3cc(C(C)(C)C)c(CC)cc3C(C)(C)C)C(P(O)O)(P(O)O)C3=C(c4cccc(-c5cc(C(C)(C)C)c(CC)cc5C(C)(C)C)c43)[C@@H]2c2cc(C(C)(C)C)c(CC)cc2C(C)(C)C)cc1C(C)(C)C. The zero-order chi connectivity index (χ0) is 62.1. The molecule has 0 radical (unpaired) electrons. The molecule has 0 fully saturated rings. The second kappa shape index (κ2) is 21.9. The Morgan fingerprint density at radius 3 is 0.976 bits per heavy atom. The highest BCUT2D eigenvalue weighted by atomic mass is 31.2. The summed E-state index contributed by atoms with van der Waals surface area (Å²) < 4.78 is 0. The molecule has 5 aromatic carbocycles. The minimum Gasteiger partial charge on any atom is -0.349 e. The van der Waals surface area contributed by atoms with Crippen molar-refractivity contribution < 1.29 is 19.6 Å². The van der Waals surface area contributed by atoms with Gasteiger partial charge in [0.1, 0.15) is 0 Å². The van der Waals surface area contributed by atoms with Gasteiger partial charge in [-0.2, -0.15) is 0 Å². The summed E-state index contributed by atoms with van der Waals surface area (Å²) in [5.74, 6) is -0.500. The summed E-state index contributed by atoms with van der Waals surface area (Å²) >= 11 is 0. The first-order valence-electron chi connectivity index (χ1n) is 31.0. The minimum absolute atomic E-state index is 0.177. The summed E-state index contributed by atoms with van der Waals surface area (Å²) in [6.45, 7) is 64.3. The first-order chi connectivity index (χ1) is 37.3. The van der Waals surface area contributed by atoms with Crippen LogP contribution in [0, 0.1) is 0 Å². The van der Waals surface area contributed by atoms with E-state index in [0.29, 0.717) is 11.1 Å². The lowest BCUT2D eigenvalue weighted by Crippen LogP contribution is -2.40.